The smallest absolute Gasteiger partial charge is 0.246 e. The molecule has 8 nitrogen and oxygen atoms in total. The van der Waals surface area contributed by atoms with Crippen molar-refractivity contribution in [3.05, 3.63) is 77.6 Å². The van der Waals surface area contributed by atoms with Gasteiger partial charge in [-0.2, -0.15) is 5.10 Å². The fraction of sp³-hybridized carbons (Fsp3) is 0.292. The normalized spacial score (nSPS) is 11.2. The Bertz CT molecular complexity index is 1050. The third-order valence-electron chi connectivity index (χ3n) is 4.94. The third-order valence-corrected chi connectivity index (χ3v) is 4.94. The Morgan fingerprint density at radius 2 is 2.00 bits per heavy atom. The number of rotatable bonds is 9. The fourth-order valence-electron chi connectivity index (χ4n) is 3.25. The number of methoxy groups -OCH3 is 1. The van der Waals surface area contributed by atoms with Crippen molar-refractivity contribution in [2.45, 2.75) is 26.4 Å². The number of amides is 1. The minimum absolute atomic E-state index is 0.121. The summed E-state index contributed by atoms with van der Waals surface area (Å²) in [4.78, 5) is 16.5. The summed E-state index contributed by atoms with van der Waals surface area (Å²) in [5, 5.41) is 13.6. The highest BCUT2D eigenvalue weighted by molar-refractivity contribution is 5.90. The predicted octanol–water partition coefficient (Wildman–Crippen LogP) is 2.75. The van der Waals surface area contributed by atoms with Crippen LogP contribution in [-0.2, 0) is 24.3 Å². The van der Waals surface area contributed by atoms with Gasteiger partial charge >= 0.3 is 0 Å². The molecule has 0 spiro atoms. The van der Waals surface area contributed by atoms with Crippen LogP contribution in [0, 0.1) is 6.92 Å². The van der Waals surface area contributed by atoms with Crippen LogP contribution < -0.4 is 20.7 Å². The van der Waals surface area contributed by atoms with Crippen LogP contribution in [-0.4, -0.2) is 42.3 Å². The second kappa shape index (κ2) is 11.5. The lowest BCUT2D eigenvalue weighted by atomic mass is 10.1. The van der Waals surface area contributed by atoms with Crippen LogP contribution in [0.5, 0.6) is 5.75 Å². The third kappa shape index (κ3) is 6.87. The number of aromatic nitrogens is 2. The Morgan fingerprint density at radius 1 is 1.12 bits per heavy atom. The second-order valence-electron chi connectivity index (χ2n) is 7.36. The van der Waals surface area contributed by atoms with Crippen LogP contribution in [0.4, 0.5) is 5.69 Å². The molecule has 0 aliphatic heterocycles. The van der Waals surface area contributed by atoms with Gasteiger partial charge in [-0.05, 0) is 54.3 Å². The number of hydrogen-bond donors (Lipinski definition) is 3. The van der Waals surface area contributed by atoms with Crippen LogP contribution in [0.1, 0.15) is 16.7 Å². The highest BCUT2D eigenvalue weighted by Crippen LogP contribution is 2.19. The first-order chi connectivity index (χ1) is 15.6. The molecule has 0 aliphatic rings. The number of anilines is 1. The summed E-state index contributed by atoms with van der Waals surface area (Å²) in [5.74, 6) is 1.50. The van der Waals surface area contributed by atoms with Crippen molar-refractivity contribution >= 4 is 17.6 Å². The van der Waals surface area contributed by atoms with Gasteiger partial charge in [-0.1, -0.05) is 24.3 Å². The van der Waals surface area contributed by atoms with Gasteiger partial charge in [-0.15, -0.1) is 0 Å². The Morgan fingerprint density at radius 3 is 2.75 bits per heavy atom. The fourth-order valence-corrected chi connectivity index (χ4v) is 3.25. The number of carbonyl (C=O) groups excluding carboxylic acids is 1. The molecule has 168 valence electrons. The van der Waals surface area contributed by atoms with Crippen molar-refractivity contribution < 1.29 is 9.53 Å². The lowest BCUT2D eigenvalue weighted by Crippen LogP contribution is -2.37. The summed E-state index contributed by atoms with van der Waals surface area (Å²) >= 11 is 0. The molecular formula is C24H30N6O2. The van der Waals surface area contributed by atoms with E-state index in [1.54, 1.807) is 37.3 Å². The number of ether oxygens (including phenoxy) is 1. The summed E-state index contributed by atoms with van der Waals surface area (Å²) in [6.45, 7) is 3.54. The van der Waals surface area contributed by atoms with E-state index in [0.29, 0.717) is 6.54 Å². The van der Waals surface area contributed by atoms with E-state index in [4.69, 9.17) is 4.74 Å². The predicted molar refractivity (Wildman–Crippen MR) is 127 cm³/mol. The lowest BCUT2D eigenvalue weighted by Gasteiger charge is -2.13. The van der Waals surface area contributed by atoms with Gasteiger partial charge in [-0.3, -0.25) is 14.5 Å². The number of aryl methyl sites for hydroxylation is 1. The summed E-state index contributed by atoms with van der Waals surface area (Å²) in [6, 6.07) is 15.8. The minimum atomic E-state index is -0.121. The average Bonchev–Trinajstić information content (AvgIpc) is 3.30. The van der Waals surface area contributed by atoms with Crippen molar-refractivity contribution in [1.29, 1.82) is 0 Å². The number of benzene rings is 2. The maximum absolute atomic E-state index is 12.2. The molecule has 0 atom stereocenters. The standard InChI is InChI=1S/C24H30N6O2/c1-18-8-9-19(15-22(18)32-3)10-12-26-24(25-2)27-16-20-6-4-7-21(14-20)29-23(31)17-30-13-5-11-28-30/h4-9,11,13-15H,10,12,16-17H2,1-3H3,(H,29,31)(H2,25,26,27). The summed E-state index contributed by atoms with van der Waals surface area (Å²) < 4.78 is 6.98. The summed E-state index contributed by atoms with van der Waals surface area (Å²) in [7, 11) is 3.44. The molecular weight excluding hydrogens is 404 g/mol. The van der Waals surface area contributed by atoms with Crippen LogP contribution in [0.3, 0.4) is 0 Å². The first kappa shape index (κ1) is 22.9. The van der Waals surface area contributed by atoms with E-state index in [1.807, 2.05) is 31.2 Å². The SMILES string of the molecule is CN=C(NCCc1ccc(C)c(OC)c1)NCc1cccc(NC(=O)Cn2cccn2)c1. The van der Waals surface area contributed by atoms with Crippen molar-refractivity contribution in [3.8, 4) is 5.75 Å². The van der Waals surface area contributed by atoms with E-state index in [1.165, 1.54) is 5.56 Å². The Labute approximate surface area is 188 Å². The summed E-state index contributed by atoms with van der Waals surface area (Å²) in [5.41, 5.74) is 4.11. The molecule has 1 amide bonds. The molecule has 0 unspecified atom stereocenters. The van der Waals surface area contributed by atoms with Crippen LogP contribution >= 0.6 is 0 Å². The van der Waals surface area contributed by atoms with Crippen LogP contribution in [0.15, 0.2) is 65.9 Å². The second-order valence-corrected chi connectivity index (χ2v) is 7.36. The van der Waals surface area contributed by atoms with Crippen LogP contribution in [0.25, 0.3) is 0 Å². The van der Waals surface area contributed by atoms with E-state index >= 15 is 0 Å². The average molecular weight is 435 g/mol. The van der Waals surface area contributed by atoms with Crippen LogP contribution in [0.2, 0.25) is 0 Å². The molecule has 0 saturated carbocycles. The Balaban J connectivity index is 1.46. The molecule has 0 saturated heterocycles. The number of nitrogens with one attached hydrogen (secondary N) is 3. The molecule has 0 bridgehead atoms. The molecule has 1 heterocycles. The van der Waals surface area contributed by atoms with Gasteiger partial charge in [0.15, 0.2) is 5.96 Å². The van der Waals surface area contributed by atoms with E-state index in [0.717, 1.165) is 41.5 Å². The zero-order chi connectivity index (χ0) is 22.8. The maximum atomic E-state index is 12.2. The van der Waals surface area contributed by atoms with Gasteiger partial charge in [0.25, 0.3) is 0 Å². The largest absolute Gasteiger partial charge is 0.496 e. The Kier molecular flexibility index (Phi) is 8.25. The van der Waals surface area contributed by atoms with Crippen molar-refractivity contribution in [1.82, 2.24) is 20.4 Å². The van der Waals surface area contributed by atoms with Gasteiger partial charge in [0.1, 0.15) is 12.3 Å². The molecule has 32 heavy (non-hydrogen) atoms. The van der Waals surface area contributed by atoms with Gasteiger partial charge in [0.2, 0.25) is 5.91 Å². The first-order valence-electron chi connectivity index (χ1n) is 10.5. The van der Waals surface area contributed by atoms with Gasteiger partial charge < -0.3 is 20.7 Å². The molecule has 3 rings (SSSR count). The number of carbonyl (C=O) groups is 1. The number of aliphatic imine (C=N–C) groups is 1. The molecule has 2 aromatic carbocycles. The van der Waals surface area contributed by atoms with Gasteiger partial charge in [0, 0.05) is 38.2 Å². The minimum Gasteiger partial charge on any atom is -0.496 e. The molecule has 8 heteroatoms. The molecule has 0 aliphatic carbocycles. The highest BCUT2D eigenvalue weighted by Gasteiger charge is 2.06. The number of hydrogen-bond acceptors (Lipinski definition) is 4. The first-order valence-corrected chi connectivity index (χ1v) is 10.5. The van der Waals surface area contributed by atoms with Gasteiger partial charge in [-0.25, -0.2) is 0 Å². The number of guanidine groups is 1. The molecule has 0 fully saturated rings. The molecule has 0 radical (unpaired) electrons. The quantitative estimate of drug-likeness (QED) is 0.356. The van der Waals surface area contributed by atoms with E-state index in [9.17, 15) is 4.79 Å². The summed E-state index contributed by atoms with van der Waals surface area (Å²) in [6.07, 6.45) is 4.26. The van der Waals surface area contributed by atoms with Crippen molar-refractivity contribution in [2.75, 3.05) is 26.0 Å². The topological polar surface area (TPSA) is 92.6 Å². The van der Waals surface area contributed by atoms with E-state index in [2.05, 4.69) is 44.2 Å². The zero-order valence-corrected chi connectivity index (χ0v) is 18.8. The Hall–Kier alpha value is -3.81. The lowest BCUT2D eigenvalue weighted by molar-refractivity contribution is -0.116. The van der Waals surface area contributed by atoms with Crippen molar-refractivity contribution in [3.63, 3.8) is 0 Å². The molecule has 3 N–H and O–H groups in total. The molecule has 1 aromatic heterocycles. The molecule has 3 aromatic rings. The van der Waals surface area contributed by atoms with E-state index in [-0.39, 0.29) is 12.5 Å². The zero-order valence-electron chi connectivity index (χ0n) is 18.8. The highest BCUT2D eigenvalue weighted by atomic mass is 16.5. The van der Waals surface area contributed by atoms with Gasteiger partial charge in [0.05, 0.1) is 7.11 Å². The van der Waals surface area contributed by atoms with E-state index < -0.39 is 0 Å². The van der Waals surface area contributed by atoms with Crippen molar-refractivity contribution in [2.24, 2.45) is 4.99 Å². The number of nitrogens with zero attached hydrogens (tertiary/aromatic N) is 3. The monoisotopic (exact) mass is 434 g/mol. The maximum Gasteiger partial charge on any atom is 0.246 e.